The molecule has 28 heavy (non-hydrogen) atoms. The molecule has 0 unspecified atom stereocenters. The predicted molar refractivity (Wildman–Crippen MR) is 106 cm³/mol. The van der Waals surface area contributed by atoms with E-state index in [4.69, 9.17) is 0 Å². The monoisotopic (exact) mass is 391 g/mol. The molecule has 0 atom stereocenters. The minimum Gasteiger partial charge on any atom is -0.356 e. The van der Waals surface area contributed by atoms with Crippen molar-refractivity contribution in [1.82, 2.24) is 15.1 Å². The fourth-order valence-corrected chi connectivity index (χ4v) is 3.58. The first kappa shape index (κ1) is 22.1. The lowest BCUT2D eigenvalue weighted by atomic mass is 10.1. The number of unbranched alkanes of at least 4 members (excludes halogenated alkanes) is 4. The lowest BCUT2D eigenvalue weighted by Gasteiger charge is -2.26. The first-order valence-corrected chi connectivity index (χ1v) is 10.7. The van der Waals surface area contributed by atoms with E-state index in [0.29, 0.717) is 25.9 Å². The Morgan fingerprint density at radius 3 is 2.18 bits per heavy atom. The number of imide groups is 1. The lowest BCUT2D eigenvalue weighted by Crippen LogP contribution is -2.35. The molecule has 0 bridgehead atoms. The normalized spacial score (nSPS) is 16.7. The van der Waals surface area contributed by atoms with Gasteiger partial charge in [-0.2, -0.15) is 0 Å². The van der Waals surface area contributed by atoms with Crippen LogP contribution in [0.5, 0.6) is 0 Å². The summed E-state index contributed by atoms with van der Waals surface area (Å²) in [5.74, 6) is -0.183. The summed E-state index contributed by atoms with van der Waals surface area (Å²) in [6.07, 6.45) is 12.2. The van der Waals surface area contributed by atoms with E-state index < -0.39 is 0 Å². The Labute approximate surface area is 167 Å². The van der Waals surface area contributed by atoms with Gasteiger partial charge >= 0.3 is 0 Å². The summed E-state index contributed by atoms with van der Waals surface area (Å²) in [5, 5.41) is 2.92. The molecule has 0 aromatic carbocycles. The number of rotatable bonds is 12. The summed E-state index contributed by atoms with van der Waals surface area (Å²) in [6.45, 7) is 2.90. The van der Waals surface area contributed by atoms with Crippen molar-refractivity contribution in [2.45, 2.75) is 70.6 Å². The van der Waals surface area contributed by atoms with E-state index in [1.54, 1.807) is 0 Å². The molecule has 0 spiro atoms. The quantitative estimate of drug-likeness (QED) is 0.408. The van der Waals surface area contributed by atoms with Gasteiger partial charge in [-0.15, -0.1) is 0 Å². The number of carbonyl (C=O) groups excluding carboxylic acids is 4. The molecule has 7 heteroatoms. The van der Waals surface area contributed by atoms with Crippen molar-refractivity contribution in [1.29, 1.82) is 0 Å². The Kier molecular flexibility index (Phi) is 9.72. The van der Waals surface area contributed by atoms with Crippen molar-refractivity contribution in [2.24, 2.45) is 0 Å². The third-order valence-electron chi connectivity index (χ3n) is 5.28. The summed E-state index contributed by atoms with van der Waals surface area (Å²) in [7, 11) is 0. The maximum atomic E-state index is 12.0. The Balaban J connectivity index is 1.39. The largest absolute Gasteiger partial charge is 0.356 e. The van der Waals surface area contributed by atoms with Gasteiger partial charge in [-0.25, -0.2) is 0 Å². The maximum absolute atomic E-state index is 12.0. The molecule has 0 aliphatic carbocycles. The highest BCUT2D eigenvalue weighted by atomic mass is 16.2. The van der Waals surface area contributed by atoms with Crippen LogP contribution in [0.4, 0.5) is 0 Å². The van der Waals surface area contributed by atoms with Crippen molar-refractivity contribution >= 4 is 23.6 Å². The number of likely N-dealkylation sites (tertiary alicyclic amines) is 1. The zero-order valence-corrected chi connectivity index (χ0v) is 16.8. The van der Waals surface area contributed by atoms with E-state index in [9.17, 15) is 19.2 Å². The van der Waals surface area contributed by atoms with Gasteiger partial charge in [0.1, 0.15) is 0 Å². The number of nitrogens with zero attached hydrogens (tertiary/aromatic N) is 2. The highest BCUT2D eigenvalue weighted by molar-refractivity contribution is 6.12. The van der Waals surface area contributed by atoms with Crippen LogP contribution in [0.25, 0.3) is 0 Å². The van der Waals surface area contributed by atoms with Crippen molar-refractivity contribution in [3.05, 3.63) is 12.2 Å². The second-order valence-corrected chi connectivity index (χ2v) is 7.57. The summed E-state index contributed by atoms with van der Waals surface area (Å²) in [5.41, 5.74) is 0. The van der Waals surface area contributed by atoms with E-state index in [1.165, 1.54) is 23.5 Å². The van der Waals surface area contributed by atoms with Crippen LogP contribution in [0.15, 0.2) is 12.2 Å². The maximum Gasteiger partial charge on any atom is 0.253 e. The third kappa shape index (κ3) is 7.82. The van der Waals surface area contributed by atoms with E-state index in [-0.39, 0.29) is 23.6 Å². The highest BCUT2D eigenvalue weighted by Crippen LogP contribution is 2.12. The molecule has 0 radical (unpaired) electrons. The molecule has 2 heterocycles. The zero-order valence-electron chi connectivity index (χ0n) is 16.8. The average molecular weight is 392 g/mol. The number of carbonyl (C=O) groups is 4. The van der Waals surface area contributed by atoms with Gasteiger partial charge in [0.25, 0.3) is 11.8 Å². The van der Waals surface area contributed by atoms with E-state index in [0.717, 1.165) is 64.5 Å². The molecular formula is C21H33N3O4. The first-order valence-electron chi connectivity index (χ1n) is 10.7. The number of amides is 4. The predicted octanol–water partition coefficient (Wildman–Crippen LogP) is 2.16. The lowest BCUT2D eigenvalue weighted by molar-refractivity contribution is -0.137. The fourth-order valence-electron chi connectivity index (χ4n) is 3.58. The van der Waals surface area contributed by atoms with Crippen molar-refractivity contribution in [2.75, 3.05) is 26.2 Å². The van der Waals surface area contributed by atoms with Crippen LogP contribution < -0.4 is 5.32 Å². The molecule has 1 fully saturated rings. The standard InChI is InChI=1S/C21H33N3O4/c25-18(10-4-2-9-17-24-20(27)12-13-21(24)28)22-14-6-1-5-11-19(26)23-15-7-3-8-16-23/h12-13H,1-11,14-17H2,(H,22,25). The molecule has 1 saturated heterocycles. The highest BCUT2D eigenvalue weighted by Gasteiger charge is 2.22. The zero-order chi connectivity index (χ0) is 20.2. The summed E-state index contributed by atoms with van der Waals surface area (Å²) in [4.78, 5) is 49.9. The Morgan fingerprint density at radius 1 is 0.821 bits per heavy atom. The van der Waals surface area contributed by atoms with Crippen LogP contribution in [-0.2, 0) is 19.2 Å². The first-order chi connectivity index (χ1) is 13.6. The molecule has 2 aliphatic heterocycles. The number of piperidine rings is 1. The van der Waals surface area contributed by atoms with Crippen LogP contribution in [0.1, 0.15) is 70.6 Å². The van der Waals surface area contributed by atoms with Gasteiger partial charge in [-0.1, -0.05) is 12.8 Å². The smallest absolute Gasteiger partial charge is 0.253 e. The minimum atomic E-state index is -0.250. The Hall–Kier alpha value is -2.18. The van der Waals surface area contributed by atoms with E-state index in [1.807, 2.05) is 4.90 Å². The molecule has 7 nitrogen and oxygen atoms in total. The van der Waals surface area contributed by atoms with Gasteiger partial charge < -0.3 is 10.2 Å². The van der Waals surface area contributed by atoms with Crippen LogP contribution in [-0.4, -0.2) is 59.6 Å². The third-order valence-corrected chi connectivity index (χ3v) is 5.28. The van der Waals surface area contributed by atoms with Crippen molar-refractivity contribution in [3.8, 4) is 0 Å². The van der Waals surface area contributed by atoms with Gasteiger partial charge in [0.05, 0.1) is 0 Å². The topological polar surface area (TPSA) is 86.8 Å². The Bertz CT molecular complexity index is 564. The van der Waals surface area contributed by atoms with Gasteiger partial charge in [0.15, 0.2) is 0 Å². The molecule has 0 saturated carbocycles. The molecule has 156 valence electrons. The average Bonchev–Trinajstić information content (AvgIpc) is 3.02. The molecule has 2 rings (SSSR count). The Morgan fingerprint density at radius 2 is 1.46 bits per heavy atom. The molecule has 0 aromatic heterocycles. The summed E-state index contributed by atoms with van der Waals surface area (Å²) in [6, 6.07) is 0. The van der Waals surface area contributed by atoms with E-state index in [2.05, 4.69) is 5.32 Å². The second kappa shape index (κ2) is 12.3. The second-order valence-electron chi connectivity index (χ2n) is 7.57. The molecule has 0 aromatic rings. The summed E-state index contributed by atoms with van der Waals surface area (Å²) < 4.78 is 0. The fraction of sp³-hybridized carbons (Fsp3) is 0.714. The van der Waals surface area contributed by atoms with Crippen LogP contribution in [0.2, 0.25) is 0 Å². The van der Waals surface area contributed by atoms with Crippen LogP contribution in [0.3, 0.4) is 0 Å². The summed E-state index contributed by atoms with van der Waals surface area (Å²) >= 11 is 0. The van der Waals surface area contributed by atoms with Crippen molar-refractivity contribution < 1.29 is 19.2 Å². The van der Waals surface area contributed by atoms with E-state index >= 15 is 0 Å². The number of hydrogen-bond acceptors (Lipinski definition) is 4. The minimum absolute atomic E-state index is 0.0411. The van der Waals surface area contributed by atoms with Gasteiger partial charge in [0.2, 0.25) is 11.8 Å². The van der Waals surface area contributed by atoms with Gasteiger partial charge in [-0.05, 0) is 44.9 Å². The van der Waals surface area contributed by atoms with Gasteiger partial charge in [-0.3, -0.25) is 24.1 Å². The molecule has 1 N–H and O–H groups in total. The SMILES string of the molecule is O=C(CCCCCN1C(=O)C=CC1=O)NCCCCCC(=O)N1CCCCC1. The van der Waals surface area contributed by atoms with Crippen molar-refractivity contribution in [3.63, 3.8) is 0 Å². The van der Waals surface area contributed by atoms with Crippen LogP contribution in [0, 0.1) is 0 Å². The van der Waals surface area contributed by atoms with Gasteiger partial charge in [0, 0.05) is 51.2 Å². The number of hydrogen-bond donors (Lipinski definition) is 1. The number of nitrogens with one attached hydrogen (secondary N) is 1. The molecule has 2 aliphatic rings. The molecular weight excluding hydrogens is 358 g/mol. The van der Waals surface area contributed by atoms with Crippen LogP contribution >= 0.6 is 0 Å². The molecule has 4 amide bonds.